The van der Waals surface area contributed by atoms with Crippen molar-refractivity contribution in [2.24, 2.45) is 0 Å². The van der Waals surface area contributed by atoms with Gasteiger partial charge >= 0.3 is 5.97 Å². The third-order valence-electron chi connectivity index (χ3n) is 5.04. The fourth-order valence-corrected chi connectivity index (χ4v) is 4.32. The van der Waals surface area contributed by atoms with Crippen LogP contribution in [0.2, 0.25) is 0 Å². The maximum atomic E-state index is 12.3. The zero-order valence-electron chi connectivity index (χ0n) is 16.8. The predicted molar refractivity (Wildman–Crippen MR) is 118 cm³/mol. The molecule has 0 amide bonds. The number of carboxylic acids is 1. The molecule has 0 aliphatic carbocycles. The minimum Gasteiger partial charge on any atom is -0.477 e. The summed E-state index contributed by atoms with van der Waals surface area (Å²) in [6.45, 7) is 2.14. The average molecular weight is 410 g/mol. The lowest BCUT2D eigenvalue weighted by Crippen LogP contribution is -2.02. The van der Waals surface area contributed by atoms with Crippen molar-refractivity contribution < 1.29 is 14.7 Å². The van der Waals surface area contributed by atoms with Gasteiger partial charge in [-0.2, -0.15) is 0 Å². The number of thiophene rings is 1. The minimum atomic E-state index is -0.859. The zero-order valence-corrected chi connectivity index (χ0v) is 17.6. The number of carbonyl (C=O) groups is 2. The molecule has 0 fully saturated rings. The molecule has 0 atom stereocenters. The Balaban J connectivity index is 1.59. The third-order valence-corrected chi connectivity index (χ3v) is 6.17. The van der Waals surface area contributed by atoms with Crippen molar-refractivity contribution in [2.75, 3.05) is 0 Å². The van der Waals surface area contributed by atoms with Gasteiger partial charge in [0, 0.05) is 34.4 Å². The van der Waals surface area contributed by atoms with Gasteiger partial charge in [0.15, 0.2) is 5.78 Å². The third kappa shape index (κ3) is 5.67. The molecule has 1 aromatic carbocycles. The van der Waals surface area contributed by atoms with Gasteiger partial charge in [-0.05, 0) is 74.2 Å². The summed E-state index contributed by atoms with van der Waals surface area (Å²) >= 11 is 1.35. The standard InChI is InChI=1S/C24H27NO3S/c1-2-3-4-10-22(26)18-11-13-20(14-12-18)25-17-6-8-19(25)7-5-9-21-15-16-23(29-21)24(27)28/h6,8,11-17H,2-5,7,9-10H2,1H3,(H,27,28). The van der Waals surface area contributed by atoms with Crippen LogP contribution < -0.4 is 0 Å². The Hall–Kier alpha value is -2.66. The second kappa shape index (κ2) is 10.2. The molecule has 4 nitrogen and oxygen atoms in total. The predicted octanol–water partition coefficient (Wildman–Crippen LogP) is 6.18. The number of unbranched alkanes of at least 4 members (excludes halogenated alkanes) is 2. The fourth-order valence-electron chi connectivity index (χ4n) is 3.43. The summed E-state index contributed by atoms with van der Waals surface area (Å²) < 4.78 is 2.16. The summed E-state index contributed by atoms with van der Waals surface area (Å²) in [5, 5.41) is 9.03. The quantitative estimate of drug-likeness (QED) is 0.304. The summed E-state index contributed by atoms with van der Waals surface area (Å²) in [5.74, 6) is -0.642. The summed E-state index contributed by atoms with van der Waals surface area (Å²) in [4.78, 5) is 24.8. The van der Waals surface area contributed by atoms with Crippen LogP contribution in [0.4, 0.5) is 0 Å². The second-order valence-corrected chi connectivity index (χ2v) is 8.39. The van der Waals surface area contributed by atoms with Gasteiger partial charge in [0.05, 0.1) is 0 Å². The van der Waals surface area contributed by atoms with Crippen LogP contribution in [0.15, 0.2) is 54.7 Å². The molecule has 0 saturated heterocycles. The number of benzene rings is 1. The Kier molecular flexibility index (Phi) is 7.42. The Morgan fingerprint density at radius 3 is 2.45 bits per heavy atom. The molecule has 0 bridgehead atoms. The maximum Gasteiger partial charge on any atom is 0.345 e. The van der Waals surface area contributed by atoms with Crippen LogP contribution in [0.3, 0.4) is 0 Å². The highest BCUT2D eigenvalue weighted by atomic mass is 32.1. The molecule has 0 spiro atoms. The van der Waals surface area contributed by atoms with Gasteiger partial charge in [0.1, 0.15) is 4.88 Å². The largest absolute Gasteiger partial charge is 0.477 e. The van der Waals surface area contributed by atoms with E-state index in [0.717, 1.165) is 54.7 Å². The normalized spacial score (nSPS) is 10.9. The van der Waals surface area contributed by atoms with Crippen molar-refractivity contribution >= 4 is 23.1 Å². The Morgan fingerprint density at radius 1 is 0.966 bits per heavy atom. The van der Waals surface area contributed by atoms with Gasteiger partial charge in [0.2, 0.25) is 0 Å². The fraction of sp³-hybridized carbons (Fsp3) is 0.333. The van der Waals surface area contributed by atoms with E-state index >= 15 is 0 Å². The van der Waals surface area contributed by atoms with Gasteiger partial charge in [-0.15, -0.1) is 11.3 Å². The first-order valence-electron chi connectivity index (χ1n) is 10.2. The zero-order chi connectivity index (χ0) is 20.6. The average Bonchev–Trinajstić information content (AvgIpc) is 3.38. The summed E-state index contributed by atoms with van der Waals surface area (Å²) in [5.41, 5.74) is 3.05. The van der Waals surface area contributed by atoms with E-state index in [1.54, 1.807) is 6.07 Å². The lowest BCUT2D eigenvalue weighted by Gasteiger charge is -2.10. The molecule has 2 aromatic heterocycles. The Morgan fingerprint density at radius 2 is 1.76 bits per heavy atom. The number of Topliss-reactive ketones (excluding diaryl/α,β-unsaturated/α-hetero) is 1. The first-order valence-corrected chi connectivity index (χ1v) is 11.0. The topological polar surface area (TPSA) is 59.3 Å². The number of aromatic nitrogens is 1. The minimum absolute atomic E-state index is 0.217. The lowest BCUT2D eigenvalue weighted by atomic mass is 10.0. The number of aryl methyl sites for hydroxylation is 2. The molecule has 0 aliphatic heterocycles. The Labute approximate surface area is 175 Å². The van der Waals surface area contributed by atoms with Crippen LogP contribution in [-0.4, -0.2) is 21.4 Å². The van der Waals surface area contributed by atoms with E-state index in [4.69, 9.17) is 5.11 Å². The molecular weight excluding hydrogens is 382 g/mol. The molecule has 5 heteroatoms. The molecule has 2 heterocycles. The first-order chi connectivity index (χ1) is 14.1. The maximum absolute atomic E-state index is 12.3. The molecular formula is C24H27NO3S. The monoisotopic (exact) mass is 409 g/mol. The summed E-state index contributed by atoms with van der Waals surface area (Å²) in [6, 6.07) is 15.6. The number of ketones is 1. The van der Waals surface area contributed by atoms with Gasteiger partial charge in [-0.25, -0.2) is 4.79 Å². The van der Waals surface area contributed by atoms with Crippen LogP contribution in [0.1, 0.15) is 69.6 Å². The molecule has 0 aliphatic rings. The SMILES string of the molecule is CCCCCC(=O)c1ccc(-n2cccc2CCCc2ccc(C(=O)O)s2)cc1. The van der Waals surface area contributed by atoms with Crippen molar-refractivity contribution in [1.82, 2.24) is 4.57 Å². The molecule has 1 N–H and O–H groups in total. The Bertz CT molecular complexity index is 953. The van der Waals surface area contributed by atoms with E-state index < -0.39 is 5.97 Å². The number of hydrogen-bond acceptors (Lipinski definition) is 3. The number of carbonyl (C=O) groups excluding carboxylic acids is 1. The van der Waals surface area contributed by atoms with Crippen LogP contribution in [0.5, 0.6) is 0 Å². The van der Waals surface area contributed by atoms with Crippen molar-refractivity contribution in [3.63, 3.8) is 0 Å². The molecule has 29 heavy (non-hydrogen) atoms. The van der Waals surface area contributed by atoms with E-state index in [-0.39, 0.29) is 5.78 Å². The van der Waals surface area contributed by atoms with E-state index in [9.17, 15) is 9.59 Å². The van der Waals surface area contributed by atoms with Gasteiger partial charge in [-0.3, -0.25) is 4.79 Å². The van der Waals surface area contributed by atoms with Gasteiger partial charge in [0.25, 0.3) is 0 Å². The molecule has 0 radical (unpaired) electrons. The number of nitrogens with zero attached hydrogens (tertiary/aromatic N) is 1. The molecule has 3 aromatic rings. The first kappa shape index (κ1) is 21.1. The molecule has 3 rings (SSSR count). The van der Waals surface area contributed by atoms with Crippen molar-refractivity contribution in [1.29, 1.82) is 0 Å². The van der Waals surface area contributed by atoms with Crippen LogP contribution >= 0.6 is 11.3 Å². The van der Waals surface area contributed by atoms with Crippen molar-refractivity contribution in [3.05, 3.63) is 75.7 Å². The van der Waals surface area contributed by atoms with Crippen molar-refractivity contribution in [3.8, 4) is 5.69 Å². The second-order valence-electron chi connectivity index (χ2n) is 7.22. The molecule has 0 unspecified atom stereocenters. The molecule has 0 saturated carbocycles. The van der Waals surface area contributed by atoms with E-state index in [2.05, 4.69) is 17.6 Å². The van der Waals surface area contributed by atoms with Crippen LogP contribution in [-0.2, 0) is 12.8 Å². The van der Waals surface area contributed by atoms with Crippen LogP contribution in [0, 0.1) is 0 Å². The summed E-state index contributed by atoms with van der Waals surface area (Å²) in [7, 11) is 0. The number of aromatic carboxylic acids is 1. The van der Waals surface area contributed by atoms with E-state index in [0.29, 0.717) is 11.3 Å². The van der Waals surface area contributed by atoms with E-state index in [1.807, 2.05) is 42.6 Å². The summed E-state index contributed by atoms with van der Waals surface area (Å²) in [6.07, 6.45) is 8.57. The lowest BCUT2D eigenvalue weighted by molar-refractivity contribution is 0.0702. The number of rotatable bonds is 11. The number of hydrogen-bond donors (Lipinski definition) is 1. The number of carboxylic acid groups (broad SMARTS) is 1. The smallest absolute Gasteiger partial charge is 0.345 e. The van der Waals surface area contributed by atoms with Gasteiger partial charge < -0.3 is 9.67 Å². The molecule has 152 valence electrons. The van der Waals surface area contributed by atoms with Crippen molar-refractivity contribution in [2.45, 2.75) is 51.9 Å². The highest BCUT2D eigenvalue weighted by Crippen LogP contribution is 2.21. The van der Waals surface area contributed by atoms with E-state index in [1.165, 1.54) is 17.0 Å². The highest BCUT2D eigenvalue weighted by Gasteiger charge is 2.09. The van der Waals surface area contributed by atoms with Gasteiger partial charge in [-0.1, -0.05) is 19.8 Å². The van der Waals surface area contributed by atoms with Crippen LogP contribution in [0.25, 0.3) is 5.69 Å². The highest BCUT2D eigenvalue weighted by molar-refractivity contribution is 7.13.